The van der Waals surface area contributed by atoms with E-state index in [-0.39, 0.29) is 6.03 Å². The fourth-order valence-electron chi connectivity index (χ4n) is 4.28. The van der Waals surface area contributed by atoms with E-state index in [0.29, 0.717) is 30.3 Å². The summed E-state index contributed by atoms with van der Waals surface area (Å²) in [5.74, 6) is 0.951. The number of rotatable bonds is 5. The Kier molecular flexibility index (Phi) is 6.47. The summed E-state index contributed by atoms with van der Waals surface area (Å²) in [6.45, 7) is 5.65. The molecule has 1 aliphatic heterocycles. The molecule has 2 aromatic heterocycles. The molecule has 0 atom stereocenters. The third kappa shape index (κ3) is 4.62. The number of benzene rings is 2. The molecule has 4 aromatic rings. The van der Waals surface area contributed by atoms with Crippen molar-refractivity contribution in [3.63, 3.8) is 0 Å². The van der Waals surface area contributed by atoms with Crippen LogP contribution in [-0.2, 0) is 13.0 Å². The van der Waals surface area contributed by atoms with Gasteiger partial charge < -0.3 is 10.2 Å². The first kappa shape index (κ1) is 22.4. The van der Waals surface area contributed by atoms with Crippen molar-refractivity contribution in [3.8, 4) is 5.69 Å². The SMILES string of the molecule is CCc1ccc(-n2c(CN3CCN(C(=O)Nc4ccccc4Cl)CC3)nc3cccnc32)cc1. The van der Waals surface area contributed by atoms with Crippen molar-refractivity contribution in [1.29, 1.82) is 0 Å². The van der Waals surface area contributed by atoms with Crippen molar-refractivity contribution in [2.45, 2.75) is 19.9 Å². The molecule has 0 bridgehead atoms. The lowest BCUT2D eigenvalue weighted by Gasteiger charge is -2.34. The monoisotopic (exact) mass is 474 g/mol. The number of anilines is 1. The van der Waals surface area contributed by atoms with Crippen LogP contribution in [0.5, 0.6) is 0 Å². The lowest BCUT2D eigenvalue weighted by Crippen LogP contribution is -2.49. The van der Waals surface area contributed by atoms with Crippen LogP contribution in [0.25, 0.3) is 16.9 Å². The summed E-state index contributed by atoms with van der Waals surface area (Å²) >= 11 is 6.18. The van der Waals surface area contributed by atoms with Crippen LogP contribution in [0.3, 0.4) is 0 Å². The Morgan fingerprint density at radius 3 is 2.50 bits per heavy atom. The van der Waals surface area contributed by atoms with Crippen molar-refractivity contribution in [2.24, 2.45) is 0 Å². The quantitative estimate of drug-likeness (QED) is 0.442. The molecule has 3 heterocycles. The molecule has 1 aliphatic rings. The molecule has 2 aromatic carbocycles. The van der Waals surface area contributed by atoms with Gasteiger partial charge in [-0.2, -0.15) is 0 Å². The van der Waals surface area contributed by atoms with Gasteiger partial charge in [-0.25, -0.2) is 14.8 Å². The predicted molar refractivity (Wildman–Crippen MR) is 136 cm³/mol. The number of carbonyl (C=O) groups excluding carboxylic acids is 1. The van der Waals surface area contributed by atoms with Crippen molar-refractivity contribution in [1.82, 2.24) is 24.3 Å². The Hall–Kier alpha value is -3.42. The number of pyridine rings is 1. The molecule has 1 fully saturated rings. The van der Waals surface area contributed by atoms with E-state index in [0.717, 1.165) is 42.2 Å². The van der Waals surface area contributed by atoms with Gasteiger partial charge in [0.1, 0.15) is 11.3 Å². The zero-order valence-electron chi connectivity index (χ0n) is 19.1. The largest absolute Gasteiger partial charge is 0.322 e. The van der Waals surface area contributed by atoms with E-state index in [9.17, 15) is 4.79 Å². The van der Waals surface area contributed by atoms with Gasteiger partial charge in [0.25, 0.3) is 0 Å². The molecular weight excluding hydrogens is 448 g/mol. The molecule has 1 saturated heterocycles. The molecule has 0 saturated carbocycles. The summed E-state index contributed by atoms with van der Waals surface area (Å²) in [5.41, 5.74) is 4.74. The average Bonchev–Trinajstić information content (AvgIpc) is 3.23. The third-order valence-electron chi connectivity index (χ3n) is 6.23. The maximum Gasteiger partial charge on any atom is 0.321 e. The standard InChI is InChI=1S/C26H27ClN6O/c1-2-19-9-11-20(12-10-19)33-24(29-23-8-5-13-28-25(23)33)18-31-14-16-32(17-15-31)26(34)30-22-7-4-3-6-21(22)27/h3-13H,2,14-18H2,1H3,(H,30,34). The third-order valence-corrected chi connectivity index (χ3v) is 6.56. The minimum atomic E-state index is -0.125. The zero-order valence-corrected chi connectivity index (χ0v) is 19.9. The van der Waals surface area contributed by atoms with Gasteiger partial charge >= 0.3 is 6.03 Å². The maximum atomic E-state index is 12.7. The van der Waals surface area contributed by atoms with Crippen LogP contribution in [0.1, 0.15) is 18.3 Å². The number of fused-ring (bicyclic) bond motifs is 1. The lowest BCUT2D eigenvalue weighted by molar-refractivity contribution is 0.140. The van der Waals surface area contributed by atoms with Crippen LogP contribution in [0.15, 0.2) is 66.9 Å². The van der Waals surface area contributed by atoms with E-state index in [4.69, 9.17) is 16.6 Å². The predicted octanol–water partition coefficient (Wildman–Crippen LogP) is 4.99. The van der Waals surface area contributed by atoms with E-state index in [1.54, 1.807) is 12.3 Å². The van der Waals surface area contributed by atoms with Crippen LogP contribution >= 0.6 is 11.6 Å². The molecule has 174 valence electrons. The van der Waals surface area contributed by atoms with Gasteiger partial charge in [-0.05, 0) is 48.4 Å². The number of nitrogens with one attached hydrogen (secondary N) is 1. The normalized spacial score (nSPS) is 14.5. The summed E-state index contributed by atoms with van der Waals surface area (Å²) in [4.78, 5) is 26.4. The molecule has 0 radical (unpaired) electrons. The van der Waals surface area contributed by atoms with Gasteiger partial charge in [-0.3, -0.25) is 9.47 Å². The second-order valence-corrected chi connectivity index (χ2v) is 8.81. The van der Waals surface area contributed by atoms with Gasteiger partial charge in [0.05, 0.1) is 17.3 Å². The fourth-order valence-corrected chi connectivity index (χ4v) is 4.47. The molecule has 0 aliphatic carbocycles. The van der Waals surface area contributed by atoms with E-state index >= 15 is 0 Å². The summed E-state index contributed by atoms with van der Waals surface area (Å²) in [5, 5.41) is 3.45. The molecule has 7 nitrogen and oxygen atoms in total. The number of imidazole rings is 1. The van der Waals surface area contributed by atoms with Crippen LogP contribution in [0.4, 0.5) is 10.5 Å². The smallest absolute Gasteiger partial charge is 0.321 e. The summed E-state index contributed by atoms with van der Waals surface area (Å²) < 4.78 is 2.14. The summed E-state index contributed by atoms with van der Waals surface area (Å²) in [6, 6.07) is 19.7. The van der Waals surface area contributed by atoms with Crippen LogP contribution < -0.4 is 5.32 Å². The number of aromatic nitrogens is 3. The highest BCUT2D eigenvalue weighted by Crippen LogP contribution is 2.23. The van der Waals surface area contributed by atoms with E-state index < -0.39 is 0 Å². The minimum absolute atomic E-state index is 0.125. The Bertz CT molecular complexity index is 1290. The van der Waals surface area contributed by atoms with Gasteiger partial charge in [0.2, 0.25) is 0 Å². The number of carbonyl (C=O) groups is 1. The topological polar surface area (TPSA) is 66.3 Å². The fraction of sp³-hybridized carbons (Fsp3) is 0.269. The number of amides is 2. The van der Waals surface area contributed by atoms with E-state index in [1.807, 2.05) is 35.2 Å². The van der Waals surface area contributed by atoms with E-state index in [2.05, 4.69) is 51.0 Å². The maximum absolute atomic E-state index is 12.7. The molecule has 8 heteroatoms. The summed E-state index contributed by atoms with van der Waals surface area (Å²) in [6.07, 6.45) is 2.81. The Balaban J connectivity index is 1.30. The zero-order chi connectivity index (χ0) is 23.5. The lowest BCUT2D eigenvalue weighted by atomic mass is 10.1. The highest BCUT2D eigenvalue weighted by molar-refractivity contribution is 6.33. The van der Waals surface area contributed by atoms with Crippen molar-refractivity contribution < 1.29 is 4.79 Å². The second kappa shape index (κ2) is 9.83. The van der Waals surface area contributed by atoms with Gasteiger partial charge in [0, 0.05) is 38.1 Å². The van der Waals surface area contributed by atoms with Crippen LogP contribution in [0, 0.1) is 0 Å². The molecule has 0 spiro atoms. The number of para-hydroxylation sites is 1. The Labute approximate surface area is 204 Å². The summed E-state index contributed by atoms with van der Waals surface area (Å²) in [7, 11) is 0. The van der Waals surface area contributed by atoms with Crippen LogP contribution in [-0.4, -0.2) is 56.5 Å². The van der Waals surface area contributed by atoms with Crippen molar-refractivity contribution in [3.05, 3.63) is 83.3 Å². The van der Waals surface area contributed by atoms with Crippen LogP contribution in [0.2, 0.25) is 5.02 Å². The second-order valence-electron chi connectivity index (χ2n) is 8.40. The minimum Gasteiger partial charge on any atom is -0.322 e. The Morgan fingerprint density at radius 2 is 1.76 bits per heavy atom. The van der Waals surface area contributed by atoms with Crippen molar-refractivity contribution in [2.75, 3.05) is 31.5 Å². The van der Waals surface area contributed by atoms with Gasteiger partial charge in [-0.15, -0.1) is 0 Å². The van der Waals surface area contributed by atoms with Gasteiger partial charge in [0.15, 0.2) is 5.65 Å². The molecule has 5 rings (SSSR count). The number of piperazine rings is 1. The number of hydrogen-bond donors (Lipinski definition) is 1. The molecular formula is C26H27ClN6O. The first-order chi connectivity index (χ1) is 16.6. The first-order valence-corrected chi connectivity index (χ1v) is 11.9. The number of urea groups is 1. The first-order valence-electron chi connectivity index (χ1n) is 11.6. The highest BCUT2D eigenvalue weighted by Gasteiger charge is 2.24. The molecule has 34 heavy (non-hydrogen) atoms. The highest BCUT2D eigenvalue weighted by atomic mass is 35.5. The average molecular weight is 475 g/mol. The molecule has 0 unspecified atom stereocenters. The van der Waals surface area contributed by atoms with Gasteiger partial charge in [-0.1, -0.05) is 42.8 Å². The number of aryl methyl sites for hydroxylation is 1. The number of hydrogen-bond acceptors (Lipinski definition) is 4. The molecule has 2 amide bonds. The number of nitrogens with zero attached hydrogens (tertiary/aromatic N) is 5. The molecule has 1 N–H and O–H groups in total. The Morgan fingerprint density at radius 1 is 1.00 bits per heavy atom. The van der Waals surface area contributed by atoms with E-state index in [1.165, 1.54) is 5.56 Å². The number of halogens is 1. The van der Waals surface area contributed by atoms with Crippen molar-refractivity contribution >= 4 is 34.5 Å².